The Balaban J connectivity index is 1.68. The zero-order chi connectivity index (χ0) is 17.3. The average Bonchev–Trinajstić information content (AvgIpc) is 2.95. The van der Waals surface area contributed by atoms with Crippen LogP contribution in [-0.4, -0.2) is 16.8 Å². The molecule has 0 saturated carbocycles. The van der Waals surface area contributed by atoms with Crippen LogP contribution in [0.15, 0.2) is 45.9 Å². The number of hydrogen-bond donors (Lipinski definition) is 0. The van der Waals surface area contributed by atoms with Gasteiger partial charge in [0.1, 0.15) is 6.10 Å². The number of thioether (sulfide) groups is 1. The van der Waals surface area contributed by atoms with Crippen molar-refractivity contribution in [3.05, 3.63) is 57.3 Å². The number of hydrogen-bond acceptors (Lipinski definition) is 3. The highest BCUT2D eigenvalue weighted by atomic mass is 79.9. The van der Waals surface area contributed by atoms with Crippen LogP contribution in [0.3, 0.4) is 0 Å². The van der Waals surface area contributed by atoms with Crippen molar-refractivity contribution in [2.24, 2.45) is 0 Å². The number of rotatable bonds is 3. The summed E-state index contributed by atoms with van der Waals surface area (Å²) in [6.07, 6.45) is -2.28. The van der Waals surface area contributed by atoms with E-state index in [1.54, 1.807) is 18.3 Å². The smallest absolute Gasteiger partial charge is 0.371 e. The number of benzene rings is 1. The Bertz CT molecular complexity index is 744. The molecule has 2 aromatic rings. The van der Waals surface area contributed by atoms with Gasteiger partial charge in [0.2, 0.25) is 0 Å². The molecule has 2 nitrogen and oxygen atoms in total. The minimum Gasteiger partial charge on any atom is -0.371 e. The first kappa shape index (κ1) is 18.0. The van der Waals surface area contributed by atoms with E-state index in [-0.39, 0.29) is 11.4 Å². The fourth-order valence-corrected chi connectivity index (χ4v) is 4.38. The molecule has 1 aromatic heterocycles. The minimum absolute atomic E-state index is 0.0556. The normalized spacial score (nSPS) is 21.2. The Morgan fingerprint density at radius 1 is 1.29 bits per heavy atom. The molecule has 1 saturated heterocycles. The summed E-state index contributed by atoms with van der Waals surface area (Å²) in [6.45, 7) is 0.444. The highest BCUT2D eigenvalue weighted by Crippen LogP contribution is 2.40. The summed E-state index contributed by atoms with van der Waals surface area (Å²) >= 11 is 10.9. The highest BCUT2D eigenvalue weighted by Gasteiger charge is 2.32. The summed E-state index contributed by atoms with van der Waals surface area (Å²) in [5.41, 5.74) is 0.0209. The van der Waals surface area contributed by atoms with Crippen LogP contribution in [-0.2, 0) is 10.9 Å². The van der Waals surface area contributed by atoms with E-state index in [0.29, 0.717) is 28.6 Å². The molecule has 1 aliphatic rings. The standard InChI is InChI=1S/C16H12BrClF3NOS/c17-10-5-13(18)15(22-7-10)14-6-12(8-23-14)24-11-3-1-2-9(4-11)16(19,20)21/h1-5,7,12,14H,6,8H2. The van der Waals surface area contributed by atoms with E-state index < -0.39 is 11.7 Å². The molecule has 0 bridgehead atoms. The Labute approximate surface area is 154 Å². The molecule has 3 rings (SSSR count). The number of halogens is 5. The molecule has 1 aliphatic heterocycles. The van der Waals surface area contributed by atoms with Crippen molar-refractivity contribution >= 4 is 39.3 Å². The number of aromatic nitrogens is 1. The molecular weight excluding hydrogens is 427 g/mol. The first-order chi connectivity index (χ1) is 11.3. The van der Waals surface area contributed by atoms with Gasteiger partial charge in [-0.25, -0.2) is 0 Å². The van der Waals surface area contributed by atoms with Crippen molar-refractivity contribution in [1.82, 2.24) is 4.98 Å². The van der Waals surface area contributed by atoms with E-state index in [9.17, 15) is 13.2 Å². The van der Waals surface area contributed by atoms with E-state index in [2.05, 4.69) is 20.9 Å². The van der Waals surface area contributed by atoms with Crippen LogP contribution < -0.4 is 0 Å². The van der Waals surface area contributed by atoms with Crippen LogP contribution in [0, 0.1) is 0 Å². The number of ether oxygens (including phenoxy) is 1. The maximum Gasteiger partial charge on any atom is 0.416 e. The van der Waals surface area contributed by atoms with E-state index >= 15 is 0 Å². The van der Waals surface area contributed by atoms with Crippen LogP contribution in [0.5, 0.6) is 0 Å². The Morgan fingerprint density at radius 3 is 2.79 bits per heavy atom. The number of pyridine rings is 1. The molecule has 0 aliphatic carbocycles. The predicted octanol–water partition coefficient (Wildman–Crippen LogP) is 6.14. The molecule has 1 fully saturated rings. The van der Waals surface area contributed by atoms with E-state index in [4.69, 9.17) is 16.3 Å². The molecule has 0 N–H and O–H groups in total. The SMILES string of the molecule is FC(F)(F)c1cccc(SC2COC(c3ncc(Br)cc3Cl)C2)c1. The summed E-state index contributed by atoms with van der Waals surface area (Å²) in [6, 6.07) is 7.09. The summed E-state index contributed by atoms with van der Waals surface area (Å²) in [5, 5.41) is 0.569. The first-order valence-electron chi connectivity index (χ1n) is 7.09. The van der Waals surface area contributed by atoms with Gasteiger partial charge in [-0.15, -0.1) is 11.8 Å². The van der Waals surface area contributed by atoms with Crippen molar-refractivity contribution < 1.29 is 17.9 Å². The maximum atomic E-state index is 12.8. The van der Waals surface area contributed by atoms with Crippen molar-refractivity contribution in [1.29, 1.82) is 0 Å². The number of nitrogens with zero attached hydrogens (tertiary/aromatic N) is 1. The molecular formula is C16H12BrClF3NOS. The van der Waals surface area contributed by atoms with Gasteiger partial charge in [-0.1, -0.05) is 17.7 Å². The second-order valence-corrected chi connectivity index (χ2v) is 8.04. The van der Waals surface area contributed by atoms with E-state index in [1.165, 1.54) is 23.9 Å². The second-order valence-electron chi connectivity index (χ2n) is 5.34. The average molecular weight is 439 g/mol. The van der Waals surface area contributed by atoms with Crippen LogP contribution in [0.1, 0.15) is 23.8 Å². The maximum absolute atomic E-state index is 12.8. The third kappa shape index (κ3) is 4.25. The molecule has 2 atom stereocenters. The molecule has 2 unspecified atom stereocenters. The summed E-state index contributed by atoms with van der Waals surface area (Å²) < 4.78 is 44.9. The van der Waals surface area contributed by atoms with Gasteiger partial charge >= 0.3 is 6.18 Å². The third-order valence-electron chi connectivity index (χ3n) is 3.57. The second kappa shape index (κ2) is 7.23. The van der Waals surface area contributed by atoms with Crippen molar-refractivity contribution in [3.8, 4) is 0 Å². The number of alkyl halides is 3. The Kier molecular flexibility index (Phi) is 5.44. The van der Waals surface area contributed by atoms with Crippen LogP contribution in [0.4, 0.5) is 13.2 Å². The fraction of sp³-hybridized carbons (Fsp3) is 0.312. The van der Waals surface area contributed by atoms with Crippen molar-refractivity contribution in [2.75, 3.05) is 6.61 Å². The topological polar surface area (TPSA) is 22.1 Å². The van der Waals surface area contributed by atoms with Gasteiger partial charge < -0.3 is 4.74 Å². The largest absolute Gasteiger partial charge is 0.416 e. The quantitative estimate of drug-likeness (QED) is 0.575. The molecule has 8 heteroatoms. The molecule has 0 amide bonds. The van der Waals surface area contributed by atoms with Crippen molar-refractivity contribution in [2.45, 2.75) is 28.8 Å². The van der Waals surface area contributed by atoms with Gasteiger partial charge in [0, 0.05) is 20.8 Å². The van der Waals surface area contributed by atoms with Gasteiger partial charge in [0.15, 0.2) is 0 Å². The summed E-state index contributed by atoms with van der Waals surface area (Å²) in [5.74, 6) is 0. The molecule has 2 heterocycles. The Morgan fingerprint density at radius 2 is 2.08 bits per heavy atom. The Hall–Kier alpha value is -0.760. The molecule has 0 radical (unpaired) electrons. The molecule has 0 spiro atoms. The van der Waals surface area contributed by atoms with Gasteiger partial charge in [-0.05, 0) is 46.6 Å². The molecule has 1 aromatic carbocycles. The van der Waals surface area contributed by atoms with Gasteiger partial charge in [-0.2, -0.15) is 13.2 Å². The van der Waals surface area contributed by atoms with E-state index in [0.717, 1.165) is 10.5 Å². The summed E-state index contributed by atoms with van der Waals surface area (Å²) in [4.78, 5) is 4.86. The third-order valence-corrected chi connectivity index (χ3v) is 5.49. The lowest BCUT2D eigenvalue weighted by Gasteiger charge is -2.12. The molecule has 128 valence electrons. The van der Waals surface area contributed by atoms with Crippen LogP contribution in [0.25, 0.3) is 0 Å². The first-order valence-corrected chi connectivity index (χ1v) is 9.14. The minimum atomic E-state index is -4.33. The zero-order valence-electron chi connectivity index (χ0n) is 12.2. The monoisotopic (exact) mass is 437 g/mol. The van der Waals surface area contributed by atoms with Gasteiger partial charge in [0.05, 0.1) is 22.9 Å². The van der Waals surface area contributed by atoms with Crippen LogP contribution >= 0.6 is 39.3 Å². The van der Waals surface area contributed by atoms with Crippen molar-refractivity contribution in [3.63, 3.8) is 0 Å². The fourth-order valence-electron chi connectivity index (χ4n) is 2.47. The lowest BCUT2D eigenvalue weighted by atomic mass is 10.1. The highest BCUT2D eigenvalue weighted by molar-refractivity contribution is 9.10. The molecule has 24 heavy (non-hydrogen) atoms. The van der Waals surface area contributed by atoms with Gasteiger partial charge in [-0.3, -0.25) is 4.98 Å². The zero-order valence-corrected chi connectivity index (χ0v) is 15.3. The van der Waals surface area contributed by atoms with Crippen LogP contribution in [0.2, 0.25) is 5.02 Å². The summed E-state index contributed by atoms with van der Waals surface area (Å²) in [7, 11) is 0. The lowest BCUT2D eigenvalue weighted by Crippen LogP contribution is -2.05. The lowest BCUT2D eigenvalue weighted by molar-refractivity contribution is -0.137. The predicted molar refractivity (Wildman–Crippen MR) is 91.3 cm³/mol. The van der Waals surface area contributed by atoms with Gasteiger partial charge in [0.25, 0.3) is 0 Å². The van der Waals surface area contributed by atoms with E-state index in [1.807, 2.05) is 0 Å².